The minimum absolute atomic E-state index is 0.100. The molecule has 0 saturated heterocycles. The summed E-state index contributed by atoms with van der Waals surface area (Å²) in [5.74, 6) is 0. The standard InChI is InChI=1S/C12H13N3/c1-15(2)9-7-5-3-4-6-8-12(10-13)11-14/h3-9H,1-2H3. The van der Waals surface area contributed by atoms with Gasteiger partial charge in [0, 0.05) is 14.1 Å². The average molecular weight is 199 g/mol. The first-order valence-electron chi connectivity index (χ1n) is 4.39. The van der Waals surface area contributed by atoms with E-state index in [2.05, 4.69) is 0 Å². The second-order valence-corrected chi connectivity index (χ2v) is 2.88. The Labute approximate surface area is 90.5 Å². The van der Waals surface area contributed by atoms with Crippen molar-refractivity contribution in [1.82, 2.24) is 4.90 Å². The fourth-order valence-corrected chi connectivity index (χ4v) is 0.666. The van der Waals surface area contributed by atoms with Gasteiger partial charge in [-0.25, -0.2) is 0 Å². The molecule has 15 heavy (non-hydrogen) atoms. The molecule has 0 aliphatic rings. The summed E-state index contributed by atoms with van der Waals surface area (Å²) in [6.45, 7) is 0. The van der Waals surface area contributed by atoms with E-state index in [0.717, 1.165) is 0 Å². The number of allylic oxidation sites excluding steroid dienone is 7. The van der Waals surface area contributed by atoms with E-state index in [1.54, 1.807) is 24.3 Å². The summed E-state index contributed by atoms with van der Waals surface area (Å²) in [4.78, 5) is 1.93. The quantitative estimate of drug-likeness (QED) is 0.515. The summed E-state index contributed by atoms with van der Waals surface area (Å²) >= 11 is 0. The fraction of sp³-hybridized carbons (Fsp3) is 0.167. The number of hydrogen-bond donors (Lipinski definition) is 0. The molecule has 0 fully saturated rings. The highest BCUT2D eigenvalue weighted by Gasteiger charge is 1.84. The van der Waals surface area contributed by atoms with E-state index in [-0.39, 0.29) is 5.57 Å². The van der Waals surface area contributed by atoms with Crippen LogP contribution < -0.4 is 0 Å². The first kappa shape index (κ1) is 12.7. The van der Waals surface area contributed by atoms with Crippen LogP contribution in [0.2, 0.25) is 0 Å². The van der Waals surface area contributed by atoms with E-state index in [1.807, 2.05) is 43.4 Å². The predicted octanol–water partition coefficient (Wildman–Crippen LogP) is 2.15. The Kier molecular flexibility index (Phi) is 7.09. The molecule has 0 heterocycles. The summed E-state index contributed by atoms with van der Waals surface area (Å²) < 4.78 is 0. The van der Waals surface area contributed by atoms with Crippen molar-refractivity contribution in [2.75, 3.05) is 14.1 Å². The molecule has 3 nitrogen and oxygen atoms in total. The maximum Gasteiger partial charge on any atom is 0.129 e. The van der Waals surface area contributed by atoms with Crippen molar-refractivity contribution in [2.45, 2.75) is 0 Å². The van der Waals surface area contributed by atoms with Crippen LogP contribution in [0.1, 0.15) is 0 Å². The topological polar surface area (TPSA) is 50.8 Å². The van der Waals surface area contributed by atoms with Gasteiger partial charge in [-0.1, -0.05) is 24.3 Å². The molecule has 0 aromatic heterocycles. The van der Waals surface area contributed by atoms with Gasteiger partial charge in [0.1, 0.15) is 17.7 Å². The molecule has 0 aliphatic carbocycles. The third kappa shape index (κ3) is 8.08. The van der Waals surface area contributed by atoms with E-state index < -0.39 is 0 Å². The maximum absolute atomic E-state index is 8.42. The van der Waals surface area contributed by atoms with Gasteiger partial charge in [0.05, 0.1) is 0 Å². The van der Waals surface area contributed by atoms with Crippen molar-refractivity contribution in [3.8, 4) is 12.1 Å². The zero-order valence-corrected chi connectivity index (χ0v) is 8.88. The lowest BCUT2D eigenvalue weighted by molar-refractivity contribution is 0.564. The zero-order chi connectivity index (χ0) is 11.5. The smallest absolute Gasteiger partial charge is 0.129 e. The monoisotopic (exact) mass is 199 g/mol. The van der Waals surface area contributed by atoms with Crippen LogP contribution in [0, 0.1) is 22.7 Å². The Hall–Kier alpha value is -2.26. The molecule has 0 spiro atoms. The first-order valence-corrected chi connectivity index (χ1v) is 4.39. The minimum Gasteiger partial charge on any atom is -0.383 e. The van der Waals surface area contributed by atoms with Gasteiger partial charge in [-0.15, -0.1) is 0 Å². The van der Waals surface area contributed by atoms with E-state index in [0.29, 0.717) is 0 Å². The molecule has 0 aromatic rings. The minimum atomic E-state index is 0.100. The summed E-state index contributed by atoms with van der Waals surface area (Å²) in [5, 5.41) is 16.8. The van der Waals surface area contributed by atoms with Crippen molar-refractivity contribution in [3.05, 3.63) is 48.2 Å². The van der Waals surface area contributed by atoms with Crippen LogP contribution >= 0.6 is 0 Å². The van der Waals surface area contributed by atoms with Gasteiger partial charge in [0.15, 0.2) is 0 Å². The number of rotatable bonds is 4. The number of nitrogens with zero attached hydrogens (tertiary/aromatic N) is 3. The van der Waals surface area contributed by atoms with Gasteiger partial charge in [-0.3, -0.25) is 0 Å². The molecule has 0 unspecified atom stereocenters. The van der Waals surface area contributed by atoms with Crippen molar-refractivity contribution in [1.29, 1.82) is 10.5 Å². The Bertz CT molecular complexity index is 355. The maximum atomic E-state index is 8.42. The van der Waals surface area contributed by atoms with Crippen molar-refractivity contribution in [2.24, 2.45) is 0 Å². The van der Waals surface area contributed by atoms with Crippen LogP contribution in [0.3, 0.4) is 0 Å². The van der Waals surface area contributed by atoms with Crippen LogP contribution in [-0.2, 0) is 0 Å². The van der Waals surface area contributed by atoms with Crippen LogP contribution in [0.25, 0.3) is 0 Å². The van der Waals surface area contributed by atoms with Crippen molar-refractivity contribution in [3.63, 3.8) is 0 Å². The van der Waals surface area contributed by atoms with Gasteiger partial charge >= 0.3 is 0 Å². The largest absolute Gasteiger partial charge is 0.383 e. The second-order valence-electron chi connectivity index (χ2n) is 2.88. The predicted molar refractivity (Wildman–Crippen MR) is 60.4 cm³/mol. The van der Waals surface area contributed by atoms with E-state index in [9.17, 15) is 0 Å². The van der Waals surface area contributed by atoms with Gasteiger partial charge in [0.2, 0.25) is 0 Å². The summed E-state index contributed by atoms with van der Waals surface area (Å²) in [5.41, 5.74) is 0.100. The molecular formula is C12H13N3. The first-order chi connectivity index (χ1) is 7.20. The van der Waals surface area contributed by atoms with Gasteiger partial charge in [0.25, 0.3) is 0 Å². The molecule has 0 radical (unpaired) electrons. The highest BCUT2D eigenvalue weighted by molar-refractivity contribution is 5.38. The molecule has 0 amide bonds. The molecule has 0 aliphatic heterocycles. The molecule has 0 N–H and O–H groups in total. The van der Waals surface area contributed by atoms with Gasteiger partial charge in [-0.2, -0.15) is 10.5 Å². The summed E-state index contributed by atoms with van der Waals surface area (Å²) in [7, 11) is 3.88. The molecule has 0 aromatic carbocycles. The fourth-order valence-electron chi connectivity index (χ4n) is 0.666. The van der Waals surface area contributed by atoms with E-state index >= 15 is 0 Å². The summed E-state index contributed by atoms with van der Waals surface area (Å²) in [6, 6.07) is 3.55. The van der Waals surface area contributed by atoms with Crippen LogP contribution in [0.15, 0.2) is 48.2 Å². The lowest BCUT2D eigenvalue weighted by Crippen LogP contribution is -1.99. The molecule has 3 heteroatoms. The van der Waals surface area contributed by atoms with Crippen molar-refractivity contribution < 1.29 is 0 Å². The molecular weight excluding hydrogens is 186 g/mol. The highest BCUT2D eigenvalue weighted by atomic mass is 15.0. The van der Waals surface area contributed by atoms with E-state index in [1.165, 1.54) is 6.08 Å². The third-order valence-electron chi connectivity index (χ3n) is 1.33. The third-order valence-corrected chi connectivity index (χ3v) is 1.33. The zero-order valence-electron chi connectivity index (χ0n) is 8.88. The van der Waals surface area contributed by atoms with Crippen LogP contribution in [0.4, 0.5) is 0 Å². The van der Waals surface area contributed by atoms with Gasteiger partial charge < -0.3 is 4.90 Å². The molecule has 76 valence electrons. The average Bonchev–Trinajstić information content (AvgIpc) is 2.22. The van der Waals surface area contributed by atoms with Crippen LogP contribution in [0.5, 0.6) is 0 Å². The Morgan fingerprint density at radius 1 is 0.933 bits per heavy atom. The Morgan fingerprint density at radius 3 is 2.00 bits per heavy atom. The Balaban J connectivity index is 4.08. The lowest BCUT2D eigenvalue weighted by atomic mass is 10.3. The molecule has 0 bridgehead atoms. The number of nitriles is 2. The SMILES string of the molecule is CN(C)C=CC=CC=CC=C(C#N)C#N. The molecule has 0 saturated carbocycles. The van der Waals surface area contributed by atoms with Gasteiger partial charge in [-0.05, 0) is 18.4 Å². The summed E-state index contributed by atoms with van der Waals surface area (Å²) in [6.07, 6.45) is 12.4. The molecule has 0 rings (SSSR count). The number of hydrogen-bond acceptors (Lipinski definition) is 3. The second kappa shape index (κ2) is 8.34. The molecule has 0 atom stereocenters. The lowest BCUT2D eigenvalue weighted by Gasteiger charge is -2.00. The Morgan fingerprint density at radius 2 is 1.47 bits per heavy atom. The highest BCUT2D eigenvalue weighted by Crippen LogP contribution is 1.90. The van der Waals surface area contributed by atoms with Crippen molar-refractivity contribution >= 4 is 0 Å². The van der Waals surface area contributed by atoms with E-state index in [4.69, 9.17) is 10.5 Å². The van der Waals surface area contributed by atoms with Crippen LogP contribution in [-0.4, -0.2) is 19.0 Å². The normalized spacial score (nSPS) is 10.4.